The Hall–Kier alpha value is -2.15. The highest BCUT2D eigenvalue weighted by atomic mass is 79.9. The van der Waals surface area contributed by atoms with Gasteiger partial charge in [0.05, 0.1) is 10.6 Å². The Bertz CT molecular complexity index is 1050. The van der Waals surface area contributed by atoms with Gasteiger partial charge in [-0.2, -0.15) is 0 Å². The lowest BCUT2D eigenvalue weighted by atomic mass is 10.2. The largest absolute Gasteiger partial charge is 0.457 e. The highest BCUT2D eigenvalue weighted by molar-refractivity contribution is 9.10. The summed E-state index contributed by atoms with van der Waals surface area (Å²) in [4.78, 5) is 14.9. The second kappa shape index (κ2) is 7.46. The van der Waals surface area contributed by atoms with Crippen LogP contribution in [0.1, 0.15) is 11.3 Å². The number of halogens is 1. The first-order valence-corrected chi connectivity index (χ1v) is 10.2. The van der Waals surface area contributed by atoms with Crippen molar-refractivity contribution in [2.75, 3.05) is 4.90 Å². The Kier molecular flexibility index (Phi) is 5.04. The third-order valence-corrected chi connectivity index (χ3v) is 5.95. The zero-order valence-corrected chi connectivity index (χ0v) is 17.5. The molecule has 1 aliphatic rings. The van der Waals surface area contributed by atoms with Gasteiger partial charge in [-0.1, -0.05) is 69.7 Å². The molecule has 0 atom stereocenters. The van der Waals surface area contributed by atoms with Crippen molar-refractivity contribution in [2.45, 2.75) is 6.92 Å². The highest BCUT2D eigenvalue weighted by Gasteiger charge is 2.33. The molecule has 134 valence electrons. The Morgan fingerprint density at radius 2 is 1.74 bits per heavy atom. The number of thioether (sulfide) groups is 1. The van der Waals surface area contributed by atoms with Gasteiger partial charge in [0.2, 0.25) is 0 Å². The molecular weight excluding hydrogens is 442 g/mol. The number of anilines is 1. The first-order valence-electron chi connectivity index (χ1n) is 8.22. The number of benzene rings is 2. The maximum Gasteiger partial charge on any atom is 0.270 e. The smallest absolute Gasteiger partial charge is 0.270 e. The molecule has 0 N–H and O–H groups in total. The molecule has 1 aromatic heterocycles. The van der Waals surface area contributed by atoms with Crippen molar-refractivity contribution in [3.63, 3.8) is 0 Å². The van der Waals surface area contributed by atoms with Crippen molar-refractivity contribution < 1.29 is 9.21 Å². The number of nitrogens with zero attached hydrogens (tertiary/aromatic N) is 1. The number of hydrogen-bond acceptors (Lipinski definition) is 4. The van der Waals surface area contributed by atoms with Gasteiger partial charge in [-0.3, -0.25) is 9.69 Å². The zero-order chi connectivity index (χ0) is 19.0. The zero-order valence-electron chi connectivity index (χ0n) is 14.3. The molecule has 0 radical (unpaired) electrons. The number of aryl methyl sites for hydroxylation is 1. The number of carbonyl (C=O) groups is 1. The summed E-state index contributed by atoms with van der Waals surface area (Å²) in [6, 6.07) is 19.4. The van der Waals surface area contributed by atoms with E-state index in [2.05, 4.69) is 15.9 Å². The Balaban J connectivity index is 1.59. The van der Waals surface area contributed by atoms with Crippen LogP contribution in [0.5, 0.6) is 0 Å². The third-order valence-electron chi connectivity index (χ3n) is 4.11. The molecule has 0 unspecified atom stereocenters. The van der Waals surface area contributed by atoms with Gasteiger partial charge in [0.15, 0.2) is 4.32 Å². The van der Waals surface area contributed by atoms with Gasteiger partial charge in [-0.15, -0.1) is 0 Å². The molecule has 1 saturated heterocycles. The van der Waals surface area contributed by atoms with Gasteiger partial charge in [0.25, 0.3) is 5.91 Å². The van der Waals surface area contributed by atoms with E-state index in [0.717, 1.165) is 27.0 Å². The number of hydrogen-bond donors (Lipinski definition) is 0. The van der Waals surface area contributed by atoms with Gasteiger partial charge in [0, 0.05) is 16.1 Å². The minimum Gasteiger partial charge on any atom is -0.457 e. The number of furan rings is 1. The molecule has 2 aromatic carbocycles. The molecule has 0 saturated carbocycles. The molecule has 1 fully saturated rings. The molecule has 1 amide bonds. The summed E-state index contributed by atoms with van der Waals surface area (Å²) in [6.45, 7) is 2.01. The molecule has 0 aliphatic carbocycles. The molecule has 27 heavy (non-hydrogen) atoms. The second-order valence-electron chi connectivity index (χ2n) is 6.06. The summed E-state index contributed by atoms with van der Waals surface area (Å²) >= 11 is 10.1. The molecule has 6 heteroatoms. The molecule has 4 rings (SSSR count). The van der Waals surface area contributed by atoms with E-state index in [1.165, 1.54) is 11.8 Å². The third kappa shape index (κ3) is 3.78. The quantitative estimate of drug-likeness (QED) is 0.336. The normalized spacial score (nSPS) is 15.8. The van der Waals surface area contributed by atoms with Crippen LogP contribution in [0.4, 0.5) is 5.69 Å². The van der Waals surface area contributed by atoms with Crippen LogP contribution >= 0.6 is 39.9 Å². The molecule has 3 nitrogen and oxygen atoms in total. The number of carbonyl (C=O) groups excluding carboxylic acids is 1. The van der Waals surface area contributed by atoms with Crippen molar-refractivity contribution in [3.05, 3.63) is 81.4 Å². The average Bonchev–Trinajstić information content (AvgIpc) is 3.22. The van der Waals surface area contributed by atoms with Gasteiger partial charge >= 0.3 is 0 Å². The monoisotopic (exact) mass is 455 g/mol. The second-order valence-corrected chi connectivity index (χ2v) is 8.65. The van der Waals surface area contributed by atoms with Crippen molar-refractivity contribution >= 4 is 61.9 Å². The van der Waals surface area contributed by atoms with Gasteiger partial charge in [-0.05, 0) is 43.3 Å². The average molecular weight is 456 g/mol. The van der Waals surface area contributed by atoms with Crippen LogP contribution in [0.2, 0.25) is 0 Å². The minimum atomic E-state index is -0.129. The van der Waals surface area contributed by atoms with Gasteiger partial charge < -0.3 is 4.42 Å². The van der Waals surface area contributed by atoms with E-state index in [1.807, 2.05) is 67.6 Å². The lowest BCUT2D eigenvalue weighted by Crippen LogP contribution is -2.27. The molecule has 1 aliphatic heterocycles. The van der Waals surface area contributed by atoms with Crippen LogP contribution < -0.4 is 4.90 Å². The van der Waals surface area contributed by atoms with E-state index < -0.39 is 0 Å². The SMILES string of the molecule is Cc1ccc(N2C(=O)/C(=C\c3ccc(-c4ccc(Br)cc4)o3)SC2=S)cc1. The Labute approximate surface area is 175 Å². The van der Waals surface area contributed by atoms with E-state index in [9.17, 15) is 4.79 Å². The standard InChI is InChI=1S/C21H14BrNO2S2/c1-13-2-8-16(9-3-13)23-20(24)19(27-21(23)26)12-17-10-11-18(25-17)14-4-6-15(22)7-5-14/h2-12H,1H3/b19-12+. The topological polar surface area (TPSA) is 33.5 Å². The van der Waals surface area contributed by atoms with Crippen molar-refractivity contribution in [1.82, 2.24) is 0 Å². The molecule has 0 bridgehead atoms. The van der Waals surface area contributed by atoms with E-state index in [4.69, 9.17) is 16.6 Å². The summed E-state index contributed by atoms with van der Waals surface area (Å²) in [5, 5.41) is 0. The van der Waals surface area contributed by atoms with Crippen LogP contribution in [0.25, 0.3) is 17.4 Å². The fourth-order valence-electron chi connectivity index (χ4n) is 2.71. The van der Waals surface area contributed by atoms with E-state index >= 15 is 0 Å². The fraction of sp³-hybridized carbons (Fsp3) is 0.0476. The Morgan fingerprint density at radius 3 is 2.44 bits per heavy atom. The maximum absolute atomic E-state index is 12.8. The fourth-order valence-corrected chi connectivity index (χ4v) is 4.26. The highest BCUT2D eigenvalue weighted by Crippen LogP contribution is 2.36. The van der Waals surface area contributed by atoms with Crippen LogP contribution in [0.3, 0.4) is 0 Å². The molecule has 0 spiro atoms. The molecule has 3 aromatic rings. The predicted octanol–water partition coefficient (Wildman–Crippen LogP) is 6.42. The van der Waals surface area contributed by atoms with Crippen LogP contribution in [0.15, 0.2) is 74.5 Å². The van der Waals surface area contributed by atoms with E-state index in [0.29, 0.717) is 15.0 Å². The number of amides is 1. The predicted molar refractivity (Wildman–Crippen MR) is 119 cm³/mol. The van der Waals surface area contributed by atoms with Gasteiger partial charge in [0.1, 0.15) is 11.5 Å². The minimum absolute atomic E-state index is 0.129. The van der Waals surface area contributed by atoms with Crippen molar-refractivity contribution in [1.29, 1.82) is 0 Å². The first kappa shape index (κ1) is 18.2. The van der Waals surface area contributed by atoms with E-state index in [1.54, 1.807) is 11.0 Å². The van der Waals surface area contributed by atoms with Crippen LogP contribution in [0, 0.1) is 6.92 Å². The summed E-state index contributed by atoms with van der Waals surface area (Å²) < 4.78 is 7.43. The van der Waals surface area contributed by atoms with Crippen LogP contribution in [-0.4, -0.2) is 10.2 Å². The summed E-state index contributed by atoms with van der Waals surface area (Å²) in [5.74, 6) is 1.25. The summed E-state index contributed by atoms with van der Waals surface area (Å²) in [6.07, 6.45) is 1.75. The molecule has 2 heterocycles. The number of thiocarbonyl (C=S) groups is 1. The van der Waals surface area contributed by atoms with Crippen LogP contribution in [-0.2, 0) is 4.79 Å². The summed E-state index contributed by atoms with van der Waals surface area (Å²) in [5.41, 5.74) is 2.89. The van der Waals surface area contributed by atoms with Crippen molar-refractivity contribution in [2.24, 2.45) is 0 Å². The molecular formula is C21H14BrNO2S2. The lowest BCUT2D eigenvalue weighted by molar-refractivity contribution is -0.113. The van der Waals surface area contributed by atoms with E-state index in [-0.39, 0.29) is 5.91 Å². The van der Waals surface area contributed by atoms with Crippen molar-refractivity contribution in [3.8, 4) is 11.3 Å². The lowest BCUT2D eigenvalue weighted by Gasteiger charge is -2.14. The Morgan fingerprint density at radius 1 is 1.04 bits per heavy atom. The van der Waals surface area contributed by atoms with Gasteiger partial charge in [-0.25, -0.2) is 0 Å². The maximum atomic E-state index is 12.8. The first-order chi connectivity index (χ1) is 13.0. The summed E-state index contributed by atoms with van der Waals surface area (Å²) in [7, 11) is 0. The number of rotatable bonds is 3.